The largest absolute Gasteiger partial charge is 0.351 e. The predicted molar refractivity (Wildman–Crippen MR) is 69.7 cm³/mol. The maximum atomic E-state index is 2.30. The van der Waals surface area contributed by atoms with Crippen LogP contribution in [0.2, 0.25) is 0 Å². The molecule has 0 aliphatic rings. The van der Waals surface area contributed by atoms with Crippen molar-refractivity contribution in [3.05, 3.63) is 47.7 Å². The highest BCUT2D eigenvalue weighted by atomic mass is 14.9. The second-order valence-corrected chi connectivity index (χ2v) is 4.79. The molecule has 84 valence electrons. The van der Waals surface area contributed by atoms with Gasteiger partial charge >= 0.3 is 0 Å². The van der Waals surface area contributed by atoms with Crippen LogP contribution in [-0.4, -0.2) is 4.57 Å². The van der Waals surface area contributed by atoms with Crippen LogP contribution in [0.4, 0.5) is 0 Å². The minimum absolute atomic E-state index is 0.582. The molecule has 0 amide bonds. The van der Waals surface area contributed by atoms with E-state index in [2.05, 4.69) is 68.9 Å². The van der Waals surface area contributed by atoms with E-state index in [1.165, 1.54) is 22.4 Å². The van der Waals surface area contributed by atoms with Crippen LogP contribution in [0.1, 0.15) is 30.9 Å². The Kier molecular flexibility index (Phi) is 2.86. The van der Waals surface area contributed by atoms with Gasteiger partial charge in [0.25, 0.3) is 0 Å². The quantitative estimate of drug-likeness (QED) is 0.707. The van der Waals surface area contributed by atoms with Crippen molar-refractivity contribution in [3.63, 3.8) is 0 Å². The molecular formula is C15H19N. The Morgan fingerprint density at radius 2 is 1.88 bits per heavy atom. The summed E-state index contributed by atoms with van der Waals surface area (Å²) in [4.78, 5) is 0. The van der Waals surface area contributed by atoms with Crippen molar-refractivity contribution in [1.82, 2.24) is 4.57 Å². The molecule has 0 saturated carbocycles. The number of aryl methyl sites for hydroxylation is 2. The maximum Gasteiger partial charge on any atom is 0.0477 e. The number of aromatic nitrogens is 1. The van der Waals surface area contributed by atoms with Gasteiger partial charge in [-0.2, -0.15) is 0 Å². The molecule has 0 aliphatic carbocycles. The predicted octanol–water partition coefficient (Wildman–Crippen LogP) is 4.12. The van der Waals surface area contributed by atoms with E-state index in [0.717, 1.165) is 0 Å². The summed E-state index contributed by atoms with van der Waals surface area (Å²) in [6.07, 6.45) is 2.09. The SMILES string of the molecule is Cc1cc(-c2cccn2C)cc(C(C)C)c1. The third-order valence-electron chi connectivity index (χ3n) is 3.01. The van der Waals surface area contributed by atoms with Crippen molar-refractivity contribution in [1.29, 1.82) is 0 Å². The third-order valence-corrected chi connectivity index (χ3v) is 3.01. The summed E-state index contributed by atoms with van der Waals surface area (Å²) in [7, 11) is 2.09. The van der Waals surface area contributed by atoms with Crippen LogP contribution in [0.25, 0.3) is 11.3 Å². The molecular weight excluding hydrogens is 194 g/mol. The van der Waals surface area contributed by atoms with Gasteiger partial charge in [-0.25, -0.2) is 0 Å². The first kappa shape index (κ1) is 11.0. The number of benzene rings is 1. The molecule has 2 aromatic rings. The molecule has 1 aromatic heterocycles. The van der Waals surface area contributed by atoms with Crippen LogP contribution in [0.15, 0.2) is 36.5 Å². The van der Waals surface area contributed by atoms with Crippen LogP contribution < -0.4 is 0 Å². The molecule has 1 aromatic carbocycles. The van der Waals surface area contributed by atoms with Crippen LogP contribution in [0.3, 0.4) is 0 Å². The minimum Gasteiger partial charge on any atom is -0.351 e. The molecule has 0 fully saturated rings. The van der Waals surface area contributed by atoms with Crippen LogP contribution in [-0.2, 0) is 7.05 Å². The van der Waals surface area contributed by atoms with Crippen molar-refractivity contribution in [2.45, 2.75) is 26.7 Å². The molecule has 0 saturated heterocycles. The molecule has 1 heteroatoms. The van der Waals surface area contributed by atoms with Gasteiger partial charge in [0.1, 0.15) is 0 Å². The number of nitrogens with zero attached hydrogens (tertiary/aromatic N) is 1. The molecule has 0 unspecified atom stereocenters. The summed E-state index contributed by atoms with van der Waals surface area (Å²) in [5.74, 6) is 0.582. The summed E-state index contributed by atoms with van der Waals surface area (Å²) < 4.78 is 2.17. The lowest BCUT2D eigenvalue weighted by Crippen LogP contribution is -1.93. The second-order valence-electron chi connectivity index (χ2n) is 4.79. The first-order chi connectivity index (χ1) is 7.58. The zero-order chi connectivity index (χ0) is 11.7. The average molecular weight is 213 g/mol. The van der Waals surface area contributed by atoms with E-state index in [4.69, 9.17) is 0 Å². The van der Waals surface area contributed by atoms with E-state index in [1.807, 2.05) is 0 Å². The number of hydrogen-bond donors (Lipinski definition) is 0. The Balaban J connectivity index is 2.54. The topological polar surface area (TPSA) is 4.93 Å². The zero-order valence-electron chi connectivity index (χ0n) is 10.5. The molecule has 0 bridgehead atoms. The van der Waals surface area contributed by atoms with E-state index in [0.29, 0.717) is 5.92 Å². The standard InChI is InChI=1S/C15H19N/c1-11(2)13-8-12(3)9-14(10-13)15-6-5-7-16(15)4/h5-11H,1-4H3. The molecule has 16 heavy (non-hydrogen) atoms. The van der Waals surface area contributed by atoms with Crippen LogP contribution in [0, 0.1) is 6.92 Å². The summed E-state index contributed by atoms with van der Waals surface area (Å²) in [6.45, 7) is 6.64. The third kappa shape index (κ3) is 2.04. The van der Waals surface area contributed by atoms with Crippen LogP contribution in [0.5, 0.6) is 0 Å². The Labute approximate surface area is 97.7 Å². The maximum absolute atomic E-state index is 2.30. The molecule has 0 aliphatic heterocycles. The monoisotopic (exact) mass is 213 g/mol. The summed E-state index contributed by atoms with van der Waals surface area (Å²) in [5, 5.41) is 0. The first-order valence-corrected chi connectivity index (χ1v) is 5.81. The number of hydrogen-bond acceptors (Lipinski definition) is 0. The smallest absolute Gasteiger partial charge is 0.0477 e. The van der Waals surface area contributed by atoms with Gasteiger partial charge in [-0.1, -0.05) is 25.5 Å². The Morgan fingerprint density at radius 3 is 2.44 bits per heavy atom. The summed E-state index contributed by atoms with van der Waals surface area (Å²) >= 11 is 0. The lowest BCUT2D eigenvalue weighted by Gasteiger charge is -2.11. The lowest BCUT2D eigenvalue weighted by molar-refractivity contribution is 0.864. The van der Waals surface area contributed by atoms with E-state index < -0.39 is 0 Å². The van der Waals surface area contributed by atoms with Gasteiger partial charge in [0.2, 0.25) is 0 Å². The normalized spacial score (nSPS) is 11.1. The average Bonchev–Trinajstić information content (AvgIpc) is 2.63. The molecule has 1 nitrogen and oxygen atoms in total. The second kappa shape index (κ2) is 4.17. The summed E-state index contributed by atoms with van der Waals surface area (Å²) in [5.41, 5.74) is 5.35. The fourth-order valence-electron chi connectivity index (χ4n) is 2.05. The Morgan fingerprint density at radius 1 is 1.12 bits per heavy atom. The van der Waals surface area contributed by atoms with E-state index in [1.54, 1.807) is 0 Å². The van der Waals surface area contributed by atoms with Crippen LogP contribution >= 0.6 is 0 Å². The molecule has 0 atom stereocenters. The van der Waals surface area contributed by atoms with Crippen molar-refractivity contribution in [3.8, 4) is 11.3 Å². The molecule has 0 N–H and O–H groups in total. The van der Waals surface area contributed by atoms with Crippen molar-refractivity contribution in [2.75, 3.05) is 0 Å². The Bertz CT molecular complexity index is 492. The highest BCUT2D eigenvalue weighted by Gasteiger charge is 2.06. The number of rotatable bonds is 2. The van der Waals surface area contributed by atoms with Gasteiger partial charge in [0.15, 0.2) is 0 Å². The minimum atomic E-state index is 0.582. The van der Waals surface area contributed by atoms with Crippen molar-refractivity contribution < 1.29 is 0 Å². The first-order valence-electron chi connectivity index (χ1n) is 5.81. The van der Waals surface area contributed by atoms with Gasteiger partial charge in [0, 0.05) is 18.9 Å². The fraction of sp³-hybridized carbons (Fsp3) is 0.333. The van der Waals surface area contributed by atoms with Gasteiger partial charge in [0.05, 0.1) is 0 Å². The molecule has 1 heterocycles. The molecule has 0 spiro atoms. The van der Waals surface area contributed by atoms with E-state index in [9.17, 15) is 0 Å². The van der Waals surface area contributed by atoms with E-state index in [-0.39, 0.29) is 0 Å². The van der Waals surface area contributed by atoms with Crippen molar-refractivity contribution in [2.24, 2.45) is 7.05 Å². The summed E-state index contributed by atoms with van der Waals surface area (Å²) in [6, 6.07) is 11.1. The molecule has 0 radical (unpaired) electrons. The zero-order valence-corrected chi connectivity index (χ0v) is 10.5. The fourth-order valence-corrected chi connectivity index (χ4v) is 2.05. The van der Waals surface area contributed by atoms with Gasteiger partial charge in [-0.05, 0) is 48.2 Å². The molecule has 2 rings (SSSR count). The van der Waals surface area contributed by atoms with Gasteiger partial charge < -0.3 is 4.57 Å². The van der Waals surface area contributed by atoms with E-state index >= 15 is 0 Å². The highest BCUT2D eigenvalue weighted by molar-refractivity contribution is 5.62. The Hall–Kier alpha value is -1.50. The van der Waals surface area contributed by atoms with Gasteiger partial charge in [-0.15, -0.1) is 0 Å². The lowest BCUT2D eigenvalue weighted by atomic mass is 9.97. The highest BCUT2D eigenvalue weighted by Crippen LogP contribution is 2.25. The van der Waals surface area contributed by atoms with Crippen molar-refractivity contribution >= 4 is 0 Å². The van der Waals surface area contributed by atoms with Gasteiger partial charge in [-0.3, -0.25) is 0 Å².